The van der Waals surface area contributed by atoms with E-state index in [9.17, 15) is 0 Å². The molecule has 17 heavy (non-hydrogen) atoms. The van der Waals surface area contributed by atoms with Crippen LogP contribution < -0.4 is 5.32 Å². The van der Waals surface area contributed by atoms with Crippen LogP contribution in [0.1, 0.15) is 25.1 Å². The molecule has 0 bridgehead atoms. The number of nitrogens with one attached hydrogen (secondary N) is 1. The average Bonchev–Trinajstić information content (AvgIpc) is 2.77. The van der Waals surface area contributed by atoms with Gasteiger partial charge in [0, 0.05) is 36.8 Å². The predicted molar refractivity (Wildman–Crippen MR) is 71.6 cm³/mol. The standard InChI is InChI=1S/C12H21N3OS/c1-3-4-13-12-14-7-11(17-12)8-15-5-6-16-9-10(15)2/h7,10H,3-6,8-9H2,1-2H3,(H,13,14). The molecule has 1 aliphatic rings. The second-order valence-electron chi connectivity index (χ2n) is 4.45. The Hall–Kier alpha value is -0.650. The van der Waals surface area contributed by atoms with Crippen LogP contribution in [-0.4, -0.2) is 42.2 Å². The van der Waals surface area contributed by atoms with E-state index in [0.717, 1.165) is 44.4 Å². The number of hydrogen-bond donors (Lipinski definition) is 1. The summed E-state index contributed by atoms with van der Waals surface area (Å²) in [5.74, 6) is 0. The Labute approximate surface area is 107 Å². The highest BCUT2D eigenvalue weighted by molar-refractivity contribution is 7.15. The molecule has 2 rings (SSSR count). The molecule has 0 saturated carbocycles. The Kier molecular flexibility index (Phi) is 4.76. The molecule has 0 amide bonds. The Morgan fingerprint density at radius 1 is 1.65 bits per heavy atom. The molecule has 1 atom stereocenters. The molecule has 1 N–H and O–H groups in total. The Morgan fingerprint density at radius 3 is 3.29 bits per heavy atom. The summed E-state index contributed by atoms with van der Waals surface area (Å²) in [5.41, 5.74) is 0. The number of aromatic nitrogens is 1. The lowest BCUT2D eigenvalue weighted by atomic mass is 10.2. The first-order valence-electron chi connectivity index (χ1n) is 6.30. The molecule has 0 aliphatic carbocycles. The van der Waals surface area contributed by atoms with Gasteiger partial charge in [-0.15, -0.1) is 11.3 Å². The molecule has 5 heteroatoms. The molecule has 1 aromatic rings. The first kappa shape index (κ1) is 12.8. The SMILES string of the molecule is CCCNc1ncc(CN2CCOCC2C)s1. The number of nitrogens with zero attached hydrogens (tertiary/aromatic N) is 2. The monoisotopic (exact) mass is 255 g/mol. The number of thiazole rings is 1. The molecule has 2 heterocycles. The van der Waals surface area contributed by atoms with Gasteiger partial charge in [-0.1, -0.05) is 6.92 Å². The van der Waals surface area contributed by atoms with Gasteiger partial charge in [-0.2, -0.15) is 0 Å². The number of anilines is 1. The lowest BCUT2D eigenvalue weighted by Gasteiger charge is -2.32. The zero-order valence-electron chi connectivity index (χ0n) is 10.6. The van der Waals surface area contributed by atoms with Crippen LogP contribution >= 0.6 is 11.3 Å². The summed E-state index contributed by atoms with van der Waals surface area (Å²) in [6, 6.07) is 0.512. The van der Waals surface area contributed by atoms with Gasteiger partial charge in [0.15, 0.2) is 5.13 Å². The van der Waals surface area contributed by atoms with E-state index in [4.69, 9.17) is 4.74 Å². The second kappa shape index (κ2) is 6.33. The fourth-order valence-corrected chi connectivity index (χ4v) is 2.75. The van der Waals surface area contributed by atoms with Crippen LogP contribution in [0.15, 0.2) is 6.20 Å². The maximum atomic E-state index is 5.44. The van der Waals surface area contributed by atoms with Crippen LogP contribution in [0.3, 0.4) is 0 Å². The third kappa shape index (κ3) is 3.66. The summed E-state index contributed by atoms with van der Waals surface area (Å²) in [5, 5.41) is 4.37. The second-order valence-corrected chi connectivity index (χ2v) is 5.57. The fraction of sp³-hybridized carbons (Fsp3) is 0.750. The minimum Gasteiger partial charge on any atom is -0.379 e. The molecule has 1 unspecified atom stereocenters. The van der Waals surface area contributed by atoms with Crippen LogP contribution in [0.4, 0.5) is 5.13 Å². The Balaban J connectivity index is 1.87. The minimum absolute atomic E-state index is 0.512. The highest BCUT2D eigenvalue weighted by Gasteiger charge is 2.19. The lowest BCUT2D eigenvalue weighted by molar-refractivity contribution is -0.00393. The van der Waals surface area contributed by atoms with Crippen molar-refractivity contribution in [3.63, 3.8) is 0 Å². The highest BCUT2D eigenvalue weighted by atomic mass is 32.1. The average molecular weight is 255 g/mol. The molecule has 1 fully saturated rings. The Morgan fingerprint density at radius 2 is 2.53 bits per heavy atom. The third-order valence-electron chi connectivity index (χ3n) is 2.94. The van der Waals surface area contributed by atoms with Crippen molar-refractivity contribution in [1.82, 2.24) is 9.88 Å². The van der Waals surface area contributed by atoms with Crippen molar-refractivity contribution >= 4 is 16.5 Å². The van der Waals surface area contributed by atoms with Crippen LogP contribution in [0.25, 0.3) is 0 Å². The van der Waals surface area contributed by atoms with Gasteiger partial charge in [-0.3, -0.25) is 4.90 Å². The minimum atomic E-state index is 0.512. The van der Waals surface area contributed by atoms with Crippen molar-refractivity contribution in [3.8, 4) is 0 Å². The number of morpholine rings is 1. The van der Waals surface area contributed by atoms with E-state index in [1.807, 2.05) is 6.20 Å². The predicted octanol–water partition coefficient (Wildman–Crippen LogP) is 2.19. The molecule has 4 nitrogen and oxygen atoms in total. The number of hydrogen-bond acceptors (Lipinski definition) is 5. The normalized spacial score (nSPS) is 21.6. The zero-order chi connectivity index (χ0) is 12.1. The fourth-order valence-electron chi connectivity index (χ4n) is 1.89. The van der Waals surface area contributed by atoms with Crippen molar-refractivity contribution in [2.45, 2.75) is 32.9 Å². The van der Waals surface area contributed by atoms with Gasteiger partial charge in [0.05, 0.1) is 13.2 Å². The van der Waals surface area contributed by atoms with E-state index >= 15 is 0 Å². The molecular formula is C12H21N3OS. The van der Waals surface area contributed by atoms with E-state index in [1.165, 1.54) is 4.88 Å². The maximum absolute atomic E-state index is 5.44. The first-order valence-corrected chi connectivity index (χ1v) is 7.11. The summed E-state index contributed by atoms with van der Waals surface area (Å²) >= 11 is 1.76. The summed E-state index contributed by atoms with van der Waals surface area (Å²) in [6.45, 7) is 9.10. The molecule has 0 radical (unpaired) electrons. The van der Waals surface area contributed by atoms with E-state index in [-0.39, 0.29) is 0 Å². The lowest BCUT2D eigenvalue weighted by Crippen LogP contribution is -2.42. The van der Waals surface area contributed by atoms with Gasteiger partial charge in [-0.25, -0.2) is 4.98 Å². The number of rotatable bonds is 5. The van der Waals surface area contributed by atoms with Crippen molar-refractivity contribution in [3.05, 3.63) is 11.1 Å². The van der Waals surface area contributed by atoms with Crippen molar-refractivity contribution in [1.29, 1.82) is 0 Å². The van der Waals surface area contributed by atoms with E-state index in [0.29, 0.717) is 6.04 Å². The zero-order valence-corrected chi connectivity index (χ0v) is 11.4. The summed E-state index contributed by atoms with van der Waals surface area (Å²) in [7, 11) is 0. The van der Waals surface area contributed by atoms with Gasteiger partial charge >= 0.3 is 0 Å². The smallest absolute Gasteiger partial charge is 0.182 e. The van der Waals surface area contributed by atoms with Crippen molar-refractivity contribution in [2.24, 2.45) is 0 Å². The third-order valence-corrected chi connectivity index (χ3v) is 3.88. The quantitative estimate of drug-likeness (QED) is 0.875. The van der Waals surface area contributed by atoms with Crippen LogP contribution in [-0.2, 0) is 11.3 Å². The van der Waals surface area contributed by atoms with E-state index < -0.39 is 0 Å². The van der Waals surface area contributed by atoms with Crippen LogP contribution in [0.2, 0.25) is 0 Å². The summed E-state index contributed by atoms with van der Waals surface area (Å²) in [6.07, 6.45) is 3.13. The molecule has 0 aromatic carbocycles. The summed E-state index contributed by atoms with van der Waals surface area (Å²) < 4.78 is 5.44. The molecular weight excluding hydrogens is 234 g/mol. The highest BCUT2D eigenvalue weighted by Crippen LogP contribution is 2.21. The van der Waals surface area contributed by atoms with Crippen LogP contribution in [0.5, 0.6) is 0 Å². The molecule has 96 valence electrons. The van der Waals surface area contributed by atoms with Crippen molar-refractivity contribution < 1.29 is 4.74 Å². The van der Waals surface area contributed by atoms with Crippen LogP contribution in [0, 0.1) is 0 Å². The number of ether oxygens (including phenoxy) is 1. The van der Waals surface area contributed by atoms with Gasteiger partial charge in [-0.05, 0) is 13.3 Å². The van der Waals surface area contributed by atoms with E-state index in [1.54, 1.807) is 11.3 Å². The summed E-state index contributed by atoms with van der Waals surface area (Å²) in [4.78, 5) is 8.18. The topological polar surface area (TPSA) is 37.4 Å². The first-order chi connectivity index (χ1) is 8.29. The van der Waals surface area contributed by atoms with Gasteiger partial charge in [0.1, 0.15) is 0 Å². The van der Waals surface area contributed by atoms with Crippen molar-refractivity contribution in [2.75, 3.05) is 31.6 Å². The molecule has 1 aliphatic heterocycles. The van der Waals surface area contributed by atoms with Gasteiger partial charge < -0.3 is 10.1 Å². The Bertz CT molecular complexity index is 342. The molecule has 1 saturated heterocycles. The van der Waals surface area contributed by atoms with Gasteiger partial charge in [0.25, 0.3) is 0 Å². The van der Waals surface area contributed by atoms with E-state index in [2.05, 4.69) is 29.0 Å². The maximum Gasteiger partial charge on any atom is 0.182 e. The molecule has 0 spiro atoms. The largest absolute Gasteiger partial charge is 0.379 e. The molecule has 1 aromatic heterocycles. The van der Waals surface area contributed by atoms with Gasteiger partial charge in [0.2, 0.25) is 0 Å².